The Kier molecular flexibility index (Phi) is 5.09. The molecule has 4 rings (SSSR count). The van der Waals surface area contributed by atoms with Crippen LogP contribution >= 0.6 is 11.3 Å². The Balaban J connectivity index is 1.66. The lowest BCUT2D eigenvalue weighted by molar-refractivity contribution is 0.0600. The largest absolute Gasteiger partial charge is 0.465 e. The van der Waals surface area contributed by atoms with Crippen molar-refractivity contribution >= 4 is 34.5 Å². The van der Waals surface area contributed by atoms with Crippen molar-refractivity contribution in [3.8, 4) is 11.3 Å². The van der Waals surface area contributed by atoms with Crippen molar-refractivity contribution < 1.29 is 14.3 Å². The predicted octanol–water partition coefficient (Wildman–Crippen LogP) is 4.06. The second-order valence-corrected chi connectivity index (χ2v) is 7.10. The van der Waals surface area contributed by atoms with Gasteiger partial charge in [-0.05, 0) is 42.1 Å². The maximum atomic E-state index is 12.8. The number of aromatic nitrogens is 3. The molecular formula is C21H18N4O3S. The molecule has 0 fully saturated rings. The molecule has 1 amide bonds. The van der Waals surface area contributed by atoms with Gasteiger partial charge in [0, 0.05) is 28.4 Å². The number of amides is 1. The van der Waals surface area contributed by atoms with Gasteiger partial charge in [0.05, 0.1) is 18.4 Å². The zero-order valence-electron chi connectivity index (χ0n) is 15.9. The first-order valence-corrected chi connectivity index (χ1v) is 9.95. The van der Waals surface area contributed by atoms with Gasteiger partial charge in [-0.3, -0.25) is 4.79 Å². The lowest BCUT2D eigenvalue weighted by Crippen LogP contribution is -2.16. The molecule has 4 aromatic rings. The molecule has 3 heterocycles. The van der Waals surface area contributed by atoms with E-state index >= 15 is 0 Å². The third-order valence-corrected chi connectivity index (χ3v) is 5.14. The number of methoxy groups -OCH3 is 1. The molecule has 0 saturated heterocycles. The molecule has 7 nitrogen and oxygen atoms in total. The minimum Gasteiger partial charge on any atom is -0.465 e. The fourth-order valence-electron chi connectivity index (χ4n) is 2.99. The molecule has 0 atom stereocenters. The van der Waals surface area contributed by atoms with E-state index in [0.29, 0.717) is 23.3 Å². The molecule has 0 aliphatic heterocycles. The molecule has 0 spiro atoms. The molecule has 8 heteroatoms. The van der Waals surface area contributed by atoms with E-state index in [-0.39, 0.29) is 11.6 Å². The normalized spacial score (nSPS) is 10.8. The molecule has 146 valence electrons. The third-order valence-electron chi connectivity index (χ3n) is 4.45. The second-order valence-electron chi connectivity index (χ2n) is 6.32. The molecule has 0 saturated carbocycles. The van der Waals surface area contributed by atoms with E-state index in [1.54, 1.807) is 46.2 Å². The molecule has 1 N–H and O–H groups in total. The van der Waals surface area contributed by atoms with Gasteiger partial charge in [0.2, 0.25) is 0 Å². The molecular weight excluding hydrogens is 388 g/mol. The van der Waals surface area contributed by atoms with Crippen LogP contribution < -0.4 is 5.32 Å². The van der Waals surface area contributed by atoms with Crippen molar-refractivity contribution in [2.75, 3.05) is 12.4 Å². The zero-order chi connectivity index (χ0) is 20.4. The highest BCUT2D eigenvalue weighted by atomic mass is 32.1. The summed E-state index contributed by atoms with van der Waals surface area (Å²) < 4.78 is 6.48. The number of ether oxygens (including phenoxy) is 1. The summed E-state index contributed by atoms with van der Waals surface area (Å²) in [6, 6.07) is 12.2. The highest BCUT2D eigenvalue weighted by Crippen LogP contribution is 2.23. The van der Waals surface area contributed by atoms with E-state index in [2.05, 4.69) is 15.4 Å². The SMILES string of the molecule is CCc1cc(C(=O)Nc2cccc(C(=O)OC)c2)nc2cc(-c3ccsc3)nn12. The Bertz CT molecular complexity index is 1200. The number of hydrogen-bond donors (Lipinski definition) is 1. The number of nitrogens with one attached hydrogen (secondary N) is 1. The Labute approximate surface area is 171 Å². The zero-order valence-corrected chi connectivity index (χ0v) is 16.7. The van der Waals surface area contributed by atoms with Crippen molar-refractivity contribution in [3.63, 3.8) is 0 Å². The van der Waals surface area contributed by atoms with Crippen molar-refractivity contribution in [2.45, 2.75) is 13.3 Å². The molecule has 0 aliphatic carbocycles. The summed E-state index contributed by atoms with van der Waals surface area (Å²) in [5.41, 5.74) is 4.47. The smallest absolute Gasteiger partial charge is 0.337 e. The number of rotatable bonds is 5. The number of aryl methyl sites for hydroxylation is 1. The van der Waals surface area contributed by atoms with Crippen LogP contribution in [0, 0.1) is 0 Å². The van der Waals surface area contributed by atoms with Crippen LogP contribution in [0.4, 0.5) is 5.69 Å². The van der Waals surface area contributed by atoms with Gasteiger partial charge >= 0.3 is 5.97 Å². The molecule has 29 heavy (non-hydrogen) atoms. The van der Waals surface area contributed by atoms with Gasteiger partial charge in [0.1, 0.15) is 5.69 Å². The first-order chi connectivity index (χ1) is 14.1. The second kappa shape index (κ2) is 7.84. The maximum Gasteiger partial charge on any atom is 0.337 e. The van der Waals surface area contributed by atoms with Crippen LogP contribution in [0.25, 0.3) is 16.9 Å². The predicted molar refractivity (Wildman–Crippen MR) is 111 cm³/mol. The minimum atomic E-state index is -0.464. The van der Waals surface area contributed by atoms with Crippen LogP contribution in [0.3, 0.4) is 0 Å². The van der Waals surface area contributed by atoms with E-state index in [1.807, 2.05) is 29.8 Å². The van der Waals surface area contributed by atoms with Crippen molar-refractivity contribution in [2.24, 2.45) is 0 Å². The Morgan fingerprint density at radius 2 is 2.07 bits per heavy atom. The Morgan fingerprint density at radius 3 is 2.79 bits per heavy atom. The van der Waals surface area contributed by atoms with Gasteiger partial charge < -0.3 is 10.1 Å². The lowest BCUT2D eigenvalue weighted by atomic mass is 10.2. The van der Waals surface area contributed by atoms with Crippen LogP contribution in [0.2, 0.25) is 0 Å². The molecule has 0 bridgehead atoms. The van der Waals surface area contributed by atoms with Crippen LogP contribution in [0.5, 0.6) is 0 Å². The van der Waals surface area contributed by atoms with Crippen molar-refractivity contribution in [1.82, 2.24) is 14.6 Å². The van der Waals surface area contributed by atoms with Gasteiger partial charge in [0.25, 0.3) is 5.91 Å². The van der Waals surface area contributed by atoms with Gasteiger partial charge in [-0.1, -0.05) is 13.0 Å². The lowest BCUT2D eigenvalue weighted by Gasteiger charge is -2.08. The molecule has 1 aromatic carbocycles. The monoisotopic (exact) mass is 406 g/mol. The van der Waals surface area contributed by atoms with Crippen molar-refractivity contribution in [1.29, 1.82) is 0 Å². The van der Waals surface area contributed by atoms with E-state index in [1.165, 1.54) is 7.11 Å². The molecule has 0 radical (unpaired) electrons. The van der Waals surface area contributed by atoms with Crippen LogP contribution in [0.15, 0.2) is 53.2 Å². The number of hydrogen-bond acceptors (Lipinski definition) is 6. The first-order valence-electron chi connectivity index (χ1n) is 9.01. The number of esters is 1. The third kappa shape index (κ3) is 3.74. The van der Waals surface area contributed by atoms with Gasteiger partial charge in [-0.2, -0.15) is 16.4 Å². The summed E-state index contributed by atoms with van der Waals surface area (Å²) >= 11 is 1.60. The Morgan fingerprint density at radius 1 is 1.21 bits per heavy atom. The topological polar surface area (TPSA) is 85.6 Å². The average molecular weight is 406 g/mol. The van der Waals surface area contributed by atoms with Crippen molar-refractivity contribution in [3.05, 3.63) is 70.2 Å². The van der Waals surface area contributed by atoms with Gasteiger partial charge in [-0.15, -0.1) is 0 Å². The number of benzene rings is 1. The van der Waals surface area contributed by atoms with Crippen LogP contribution in [-0.4, -0.2) is 33.6 Å². The van der Waals surface area contributed by atoms with E-state index in [0.717, 1.165) is 17.0 Å². The number of thiophene rings is 1. The standard InChI is InChI=1S/C21H18N4O3S/c1-3-16-10-18(20(26)22-15-6-4-5-13(9-15)21(27)28-2)23-19-11-17(24-25(16)19)14-7-8-29-12-14/h4-12H,3H2,1-2H3,(H,22,26). The summed E-state index contributed by atoms with van der Waals surface area (Å²) in [4.78, 5) is 29.0. The average Bonchev–Trinajstić information content (AvgIpc) is 3.42. The van der Waals surface area contributed by atoms with Gasteiger partial charge in [0.15, 0.2) is 5.65 Å². The van der Waals surface area contributed by atoms with Gasteiger partial charge in [-0.25, -0.2) is 14.3 Å². The summed E-state index contributed by atoms with van der Waals surface area (Å²) in [5.74, 6) is -0.823. The minimum absolute atomic E-state index is 0.287. The maximum absolute atomic E-state index is 12.8. The molecule has 0 unspecified atom stereocenters. The Hall–Kier alpha value is -3.52. The number of nitrogens with zero attached hydrogens (tertiary/aromatic N) is 3. The molecule has 3 aromatic heterocycles. The molecule has 0 aliphatic rings. The van der Waals surface area contributed by atoms with Crippen LogP contribution in [0.1, 0.15) is 33.5 Å². The highest BCUT2D eigenvalue weighted by Gasteiger charge is 2.15. The summed E-state index contributed by atoms with van der Waals surface area (Å²) in [7, 11) is 1.31. The van der Waals surface area contributed by atoms with E-state index in [9.17, 15) is 9.59 Å². The van der Waals surface area contributed by atoms with E-state index in [4.69, 9.17) is 4.74 Å². The van der Waals surface area contributed by atoms with E-state index < -0.39 is 5.97 Å². The summed E-state index contributed by atoms with van der Waals surface area (Å²) in [5, 5.41) is 11.4. The fourth-order valence-corrected chi connectivity index (χ4v) is 3.64. The highest BCUT2D eigenvalue weighted by molar-refractivity contribution is 7.08. The number of anilines is 1. The number of carbonyl (C=O) groups excluding carboxylic acids is 2. The van der Waals surface area contributed by atoms with Crippen LogP contribution in [-0.2, 0) is 11.2 Å². The summed E-state index contributed by atoms with van der Waals surface area (Å²) in [6.07, 6.45) is 0.696. The number of carbonyl (C=O) groups is 2. The summed E-state index contributed by atoms with van der Waals surface area (Å²) in [6.45, 7) is 2.00. The quantitative estimate of drug-likeness (QED) is 0.505. The first kappa shape index (κ1) is 18.8. The fraction of sp³-hybridized carbons (Fsp3) is 0.143. The number of fused-ring (bicyclic) bond motifs is 1.